The van der Waals surface area contributed by atoms with Crippen molar-refractivity contribution in [2.45, 2.75) is 104 Å². The van der Waals surface area contributed by atoms with E-state index < -0.39 is 17.7 Å². The molecule has 1 aliphatic carbocycles. The normalized spacial score (nSPS) is 19.1. The quantitative estimate of drug-likeness (QED) is 0.230. The Kier molecular flexibility index (Phi) is 13.7. The molecule has 46 heavy (non-hydrogen) atoms. The Morgan fingerprint density at radius 1 is 1.07 bits per heavy atom. The van der Waals surface area contributed by atoms with Crippen LogP contribution in [0.2, 0.25) is 0 Å². The van der Waals surface area contributed by atoms with Gasteiger partial charge < -0.3 is 20.4 Å². The average molecular weight is 637 g/mol. The highest BCUT2D eigenvalue weighted by Gasteiger charge is 2.38. The van der Waals surface area contributed by atoms with Gasteiger partial charge in [-0.15, -0.1) is 0 Å². The number of carbonyl (C=O) groups excluding carboxylic acids is 2. The van der Waals surface area contributed by atoms with Crippen molar-refractivity contribution >= 4 is 24.3 Å². The van der Waals surface area contributed by atoms with Crippen LogP contribution in [0, 0.1) is 11.8 Å². The summed E-state index contributed by atoms with van der Waals surface area (Å²) >= 11 is 0. The van der Waals surface area contributed by atoms with E-state index in [-0.39, 0.29) is 36.5 Å². The minimum absolute atomic E-state index is 0.0138. The van der Waals surface area contributed by atoms with Crippen LogP contribution in [0.15, 0.2) is 42.7 Å². The second-order valence-corrected chi connectivity index (χ2v) is 13.9. The van der Waals surface area contributed by atoms with Crippen molar-refractivity contribution in [1.29, 1.82) is 0 Å². The zero-order valence-corrected chi connectivity index (χ0v) is 28.1. The van der Waals surface area contributed by atoms with E-state index in [0.717, 1.165) is 75.7 Å². The molecule has 2 aromatic rings. The lowest BCUT2D eigenvalue weighted by molar-refractivity contribution is -0.128. The fourth-order valence-electron chi connectivity index (χ4n) is 6.67. The fourth-order valence-corrected chi connectivity index (χ4v) is 6.67. The molecule has 4 rings (SSSR count). The summed E-state index contributed by atoms with van der Waals surface area (Å²) in [6.07, 6.45) is 9.67. The van der Waals surface area contributed by atoms with Crippen LogP contribution in [-0.4, -0.2) is 86.5 Å². The number of hydrogen-bond acceptors (Lipinski definition) is 6. The third-order valence-corrected chi connectivity index (χ3v) is 9.15. The lowest BCUT2D eigenvalue weighted by Crippen LogP contribution is -2.58. The standard InChI is InChI=1S/C35H50N4O4.CH2O2/c1-24(2)32(40)29-11-10-27-15-19-38(20-16-28(27)22-29)18-14-25-8-12-30(13-9-25)37-33(41)31(21-26-7-6-17-36-23-26)39(34(42)43)35(3,4)5;2-1-3/h6-7,10-11,17,22-25,30-31H,8-9,12-16,18-21H2,1-5H3,(H,37,41)(H,42,43);1H,(H,2,3)/t25-,30-,31-;/m1./s1. The Balaban J connectivity index is 0.00000185. The number of nitrogens with one attached hydrogen (secondary N) is 1. The lowest BCUT2D eigenvalue weighted by atomic mass is 9.83. The topological polar surface area (TPSA) is 140 Å². The number of ketones is 1. The smallest absolute Gasteiger partial charge is 0.408 e. The molecular formula is C36H52N4O6. The highest BCUT2D eigenvalue weighted by atomic mass is 16.4. The van der Waals surface area contributed by atoms with Gasteiger partial charge in [0.15, 0.2) is 5.78 Å². The Bertz CT molecular complexity index is 1300. The first-order chi connectivity index (χ1) is 21.8. The van der Waals surface area contributed by atoms with Gasteiger partial charge in [0.05, 0.1) is 0 Å². The maximum Gasteiger partial charge on any atom is 0.408 e. The molecule has 1 aromatic heterocycles. The van der Waals surface area contributed by atoms with Crippen molar-refractivity contribution in [3.8, 4) is 0 Å². The van der Waals surface area contributed by atoms with Crippen molar-refractivity contribution < 1.29 is 29.4 Å². The summed E-state index contributed by atoms with van der Waals surface area (Å²) in [6.45, 7) is 12.3. The predicted octanol–water partition coefficient (Wildman–Crippen LogP) is 5.48. The third-order valence-electron chi connectivity index (χ3n) is 9.15. The molecule has 10 heteroatoms. The van der Waals surface area contributed by atoms with Crippen LogP contribution < -0.4 is 5.32 Å². The molecule has 0 spiro atoms. The molecule has 1 atom stereocenters. The number of benzene rings is 1. The molecule has 1 saturated carbocycles. The van der Waals surface area contributed by atoms with E-state index in [1.807, 2.05) is 52.8 Å². The van der Waals surface area contributed by atoms with Gasteiger partial charge in [-0.1, -0.05) is 32.0 Å². The maximum atomic E-state index is 13.6. The second kappa shape index (κ2) is 17.2. The predicted molar refractivity (Wildman–Crippen MR) is 178 cm³/mol. The maximum absolute atomic E-state index is 13.6. The van der Waals surface area contributed by atoms with E-state index in [2.05, 4.69) is 27.3 Å². The Labute approximate surface area is 273 Å². The molecule has 2 amide bonds. The first kappa shape index (κ1) is 36.7. The third kappa shape index (κ3) is 10.6. The van der Waals surface area contributed by atoms with Gasteiger partial charge in [-0.05, 0) is 107 Å². The van der Waals surface area contributed by atoms with E-state index in [1.165, 1.54) is 16.0 Å². The van der Waals surface area contributed by atoms with Crippen molar-refractivity contribution in [3.05, 3.63) is 65.0 Å². The van der Waals surface area contributed by atoms with Crippen LogP contribution in [0.25, 0.3) is 0 Å². The highest BCUT2D eigenvalue weighted by Crippen LogP contribution is 2.29. The molecule has 1 aliphatic heterocycles. The Morgan fingerprint density at radius 2 is 1.72 bits per heavy atom. The molecule has 1 aromatic carbocycles. The number of rotatable bonds is 10. The second-order valence-electron chi connectivity index (χ2n) is 13.9. The number of pyridine rings is 1. The Morgan fingerprint density at radius 3 is 2.28 bits per heavy atom. The van der Waals surface area contributed by atoms with Gasteiger partial charge in [0.25, 0.3) is 6.47 Å². The fraction of sp³-hybridized carbons (Fsp3) is 0.583. The SMILES string of the molecule is CC(C)C(=O)c1ccc2c(c1)CCN(CC[C@H]1CC[C@H](NC(=O)[C@@H](Cc3cccnc3)N(C(=O)O)C(C)(C)C)CC1)CC2.O=CO. The average Bonchev–Trinajstić information content (AvgIpc) is 3.22. The zero-order valence-electron chi connectivity index (χ0n) is 28.1. The molecule has 10 nitrogen and oxygen atoms in total. The summed E-state index contributed by atoms with van der Waals surface area (Å²) in [4.78, 5) is 54.7. The molecule has 0 radical (unpaired) electrons. The van der Waals surface area contributed by atoms with Gasteiger partial charge in [-0.2, -0.15) is 0 Å². The van der Waals surface area contributed by atoms with Crippen LogP contribution in [-0.2, 0) is 28.9 Å². The van der Waals surface area contributed by atoms with Crippen molar-refractivity contribution in [1.82, 2.24) is 20.1 Å². The van der Waals surface area contributed by atoms with E-state index in [9.17, 15) is 19.5 Å². The number of nitrogens with zero attached hydrogens (tertiary/aromatic N) is 3. The largest absolute Gasteiger partial charge is 0.483 e. The number of hydrogen-bond donors (Lipinski definition) is 3. The first-order valence-corrected chi connectivity index (χ1v) is 16.5. The van der Waals surface area contributed by atoms with Gasteiger partial charge in [-0.25, -0.2) is 4.79 Å². The Hall–Kier alpha value is -3.79. The number of aromatic nitrogens is 1. The number of fused-ring (bicyclic) bond motifs is 1. The molecular weight excluding hydrogens is 584 g/mol. The molecule has 0 unspecified atom stereocenters. The van der Waals surface area contributed by atoms with Crippen molar-refractivity contribution in [3.63, 3.8) is 0 Å². The van der Waals surface area contributed by atoms with Gasteiger partial charge in [-0.3, -0.25) is 24.3 Å². The minimum atomic E-state index is -1.10. The molecule has 0 bridgehead atoms. The summed E-state index contributed by atoms with van der Waals surface area (Å²) in [5.74, 6) is 0.630. The van der Waals surface area contributed by atoms with Crippen molar-refractivity contribution in [2.75, 3.05) is 19.6 Å². The molecule has 0 saturated heterocycles. The summed E-state index contributed by atoms with van der Waals surface area (Å²) < 4.78 is 0. The zero-order chi connectivity index (χ0) is 33.9. The number of amides is 2. The van der Waals surface area contributed by atoms with Crippen LogP contribution in [0.1, 0.15) is 93.8 Å². The summed E-state index contributed by atoms with van der Waals surface area (Å²) in [6, 6.07) is 9.20. The highest BCUT2D eigenvalue weighted by molar-refractivity contribution is 5.97. The molecule has 3 N–H and O–H groups in total. The van der Waals surface area contributed by atoms with E-state index in [0.29, 0.717) is 5.92 Å². The molecule has 252 valence electrons. The summed E-state index contributed by atoms with van der Waals surface area (Å²) in [5.41, 5.74) is 3.64. The van der Waals surface area contributed by atoms with Gasteiger partial charge in [0.1, 0.15) is 6.04 Å². The molecule has 2 heterocycles. The van der Waals surface area contributed by atoms with E-state index >= 15 is 0 Å². The van der Waals surface area contributed by atoms with Crippen molar-refractivity contribution in [2.24, 2.45) is 11.8 Å². The van der Waals surface area contributed by atoms with Gasteiger partial charge in [0, 0.05) is 55.0 Å². The molecule has 2 aliphatic rings. The summed E-state index contributed by atoms with van der Waals surface area (Å²) in [5, 5.41) is 20.1. The van der Waals surface area contributed by atoms with Crippen LogP contribution in [0.4, 0.5) is 4.79 Å². The van der Waals surface area contributed by atoms with E-state index in [4.69, 9.17) is 9.90 Å². The minimum Gasteiger partial charge on any atom is -0.483 e. The number of carboxylic acid groups (broad SMARTS) is 2. The van der Waals surface area contributed by atoms with E-state index in [1.54, 1.807) is 12.4 Å². The molecule has 1 fully saturated rings. The van der Waals surface area contributed by atoms with Gasteiger partial charge >= 0.3 is 6.09 Å². The number of carbonyl (C=O) groups is 4. The van der Waals surface area contributed by atoms with Crippen LogP contribution >= 0.6 is 0 Å². The monoisotopic (exact) mass is 636 g/mol. The number of Topliss-reactive ketones (excluding diaryl/α,β-unsaturated/α-hetero) is 1. The lowest BCUT2D eigenvalue weighted by Gasteiger charge is -2.40. The van der Waals surface area contributed by atoms with Crippen LogP contribution in [0.5, 0.6) is 0 Å². The summed E-state index contributed by atoms with van der Waals surface area (Å²) in [7, 11) is 0. The van der Waals surface area contributed by atoms with Crippen LogP contribution in [0.3, 0.4) is 0 Å². The van der Waals surface area contributed by atoms with Gasteiger partial charge in [0.2, 0.25) is 5.91 Å². The first-order valence-electron chi connectivity index (χ1n) is 16.5.